The summed E-state index contributed by atoms with van der Waals surface area (Å²) in [5.41, 5.74) is 4.89. The normalized spacial score (nSPS) is 16.0. The largest absolute Gasteiger partial charge is 0.481 e. The Morgan fingerprint density at radius 1 is 0.964 bits per heavy atom. The first-order valence-electron chi connectivity index (χ1n) is 18.6. The van der Waals surface area contributed by atoms with Crippen LogP contribution in [0, 0.1) is 5.92 Å². The SMILES string of the molecule is CCOC(=O)CC1CCCN(Cc2ccc(-c3cccc(-c4cccc(NC(=O)c5nc6c(n5C)CCN(C(=O)OC(C)(C)C)C6)c4Cl)c3Cl)nc2OC)C1. The molecular formula is C41H48Cl2N6O6. The average molecular weight is 792 g/mol. The molecule has 0 aliphatic carbocycles. The van der Waals surface area contributed by atoms with Gasteiger partial charge in [-0.05, 0) is 65.1 Å². The van der Waals surface area contributed by atoms with Gasteiger partial charge in [-0.3, -0.25) is 14.5 Å². The van der Waals surface area contributed by atoms with Gasteiger partial charge in [0.05, 0.1) is 47.4 Å². The second kappa shape index (κ2) is 17.0. The number of hydrogen-bond acceptors (Lipinski definition) is 9. The van der Waals surface area contributed by atoms with Crippen LogP contribution in [0.2, 0.25) is 10.0 Å². The van der Waals surface area contributed by atoms with Gasteiger partial charge >= 0.3 is 12.1 Å². The third-order valence-corrected chi connectivity index (χ3v) is 10.6. The number of esters is 1. The van der Waals surface area contributed by atoms with Crippen molar-refractivity contribution in [3.8, 4) is 28.3 Å². The number of halogens is 2. The lowest BCUT2D eigenvalue weighted by Crippen LogP contribution is -2.40. The standard InChI is InChI=1S/C41H48Cl2N6O6/c1-7-54-34(50)21-25-11-10-19-48(22-25)23-26-16-17-30(46-39(26)53-6)29-14-8-12-27(35(29)42)28-13-9-15-31(36(28)43)45-38(51)37-44-32-24-49(20-18-33(32)47(37)5)40(52)55-41(2,3)4/h8-9,12-17,25H,7,10-11,18-24H2,1-6H3,(H,45,51). The summed E-state index contributed by atoms with van der Waals surface area (Å²) < 4.78 is 18.2. The van der Waals surface area contributed by atoms with Crippen molar-refractivity contribution in [3.63, 3.8) is 0 Å². The molecule has 2 aromatic carbocycles. The third kappa shape index (κ3) is 9.25. The highest BCUT2D eigenvalue weighted by Gasteiger charge is 2.31. The van der Waals surface area contributed by atoms with E-state index < -0.39 is 17.6 Å². The van der Waals surface area contributed by atoms with Gasteiger partial charge in [0.1, 0.15) is 5.60 Å². The van der Waals surface area contributed by atoms with Crippen LogP contribution in [0.15, 0.2) is 48.5 Å². The lowest BCUT2D eigenvalue weighted by atomic mass is 9.94. The van der Waals surface area contributed by atoms with Crippen molar-refractivity contribution < 1.29 is 28.6 Å². The molecule has 1 unspecified atom stereocenters. The molecule has 6 rings (SSSR count). The van der Waals surface area contributed by atoms with E-state index in [1.807, 2.05) is 64.1 Å². The number of rotatable bonds is 10. The molecule has 55 heavy (non-hydrogen) atoms. The van der Waals surface area contributed by atoms with Gasteiger partial charge in [-0.25, -0.2) is 14.8 Å². The summed E-state index contributed by atoms with van der Waals surface area (Å²) in [6, 6.07) is 15.0. The lowest BCUT2D eigenvalue weighted by molar-refractivity contribution is -0.144. The fraction of sp³-hybridized carbons (Fsp3) is 0.439. The van der Waals surface area contributed by atoms with E-state index in [9.17, 15) is 14.4 Å². The average Bonchev–Trinajstić information content (AvgIpc) is 3.48. The zero-order chi connectivity index (χ0) is 39.4. The van der Waals surface area contributed by atoms with Gasteiger partial charge in [-0.1, -0.05) is 59.6 Å². The number of fused-ring (bicyclic) bond motifs is 1. The Labute approximate surface area is 332 Å². The number of anilines is 1. The minimum Gasteiger partial charge on any atom is -0.481 e. The highest BCUT2D eigenvalue weighted by Crippen LogP contribution is 2.41. The van der Waals surface area contributed by atoms with Gasteiger partial charge in [0.25, 0.3) is 5.91 Å². The van der Waals surface area contributed by atoms with E-state index in [0.29, 0.717) is 82.2 Å². The zero-order valence-electron chi connectivity index (χ0n) is 32.2. The molecule has 4 aromatic rings. The first-order valence-corrected chi connectivity index (χ1v) is 19.3. The molecule has 2 aliphatic rings. The third-order valence-electron chi connectivity index (χ3n) is 9.81. The van der Waals surface area contributed by atoms with Crippen LogP contribution in [0.25, 0.3) is 22.4 Å². The van der Waals surface area contributed by atoms with Crippen LogP contribution in [0.4, 0.5) is 10.5 Å². The Kier molecular flexibility index (Phi) is 12.4. The van der Waals surface area contributed by atoms with Crippen molar-refractivity contribution in [1.82, 2.24) is 24.3 Å². The van der Waals surface area contributed by atoms with Crippen molar-refractivity contribution in [2.75, 3.05) is 38.7 Å². The number of ether oxygens (including phenoxy) is 3. The Morgan fingerprint density at radius 2 is 1.69 bits per heavy atom. The predicted molar refractivity (Wildman–Crippen MR) is 212 cm³/mol. The van der Waals surface area contributed by atoms with E-state index in [0.717, 1.165) is 37.2 Å². The maximum Gasteiger partial charge on any atom is 0.410 e. The monoisotopic (exact) mass is 790 g/mol. The molecule has 2 amide bonds. The molecule has 0 bridgehead atoms. The van der Waals surface area contributed by atoms with Crippen molar-refractivity contribution in [3.05, 3.63) is 81.4 Å². The van der Waals surface area contributed by atoms with Gasteiger partial charge < -0.3 is 29.0 Å². The van der Waals surface area contributed by atoms with Crippen LogP contribution in [0.1, 0.15) is 74.5 Å². The quantitative estimate of drug-likeness (QED) is 0.158. The molecule has 1 fully saturated rings. The number of amides is 2. The van der Waals surface area contributed by atoms with Gasteiger partial charge in [0.15, 0.2) is 5.82 Å². The van der Waals surface area contributed by atoms with Crippen molar-refractivity contribution >= 4 is 46.9 Å². The molecule has 1 saturated heterocycles. The summed E-state index contributed by atoms with van der Waals surface area (Å²) in [6.45, 7) is 10.8. The summed E-state index contributed by atoms with van der Waals surface area (Å²) in [4.78, 5) is 51.8. The van der Waals surface area contributed by atoms with E-state index in [1.165, 1.54) is 0 Å². The summed E-state index contributed by atoms with van der Waals surface area (Å²) in [7, 11) is 3.40. The lowest BCUT2D eigenvalue weighted by Gasteiger charge is -2.32. The molecule has 12 nitrogen and oxygen atoms in total. The molecule has 0 radical (unpaired) electrons. The first-order chi connectivity index (χ1) is 26.3. The molecule has 14 heteroatoms. The molecule has 1 N–H and O–H groups in total. The topological polar surface area (TPSA) is 128 Å². The molecule has 2 aliphatic heterocycles. The number of carbonyl (C=O) groups is 3. The Morgan fingerprint density at radius 3 is 2.42 bits per heavy atom. The van der Waals surface area contributed by atoms with Crippen LogP contribution in [0.3, 0.4) is 0 Å². The van der Waals surface area contributed by atoms with E-state index in [1.54, 1.807) is 35.8 Å². The van der Waals surface area contributed by atoms with Gasteiger partial charge in [0.2, 0.25) is 5.88 Å². The minimum absolute atomic E-state index is 0.145. The fourth-order valence-electron chi connectivity index (χ4n) is 7.24. The highest BCUT2D eigenvalue weighted by molar-refractivity contribution is 6.39. The van der Waals surface area contributed by atoms with Crippen LogP contribution in [-0.2, 0) is 40.8 Å². The van der Waals surface area contributed by atoms with Crippen LogP contribution >= 0.6 is 23.2 Å². The van der Waals surface area contributed by atoms with Gasteiger partial charge in [0, 0.05) is 67.5 Å². The Bertz CT molecular complexity index is 2080. The van der Waals surface area contributed by atoms with Crippen LogP contribution < -0.4 is 10.1 Å². The van der Waals surface area contributed by atoms with E-state index in [2.05, 4.69) is 15.2 Å². The number of likely N-dealkylation sites (tertiary alicyclic amines) is 1. The smallest absolute Gasteiger partial charge is 0.410 e. The van der Waals surface area contributed by atoms with E-state index in [4.69, 9.17) is 42.4 Å². The number of hydrogen-bond donors (Lipinski definition) is 1. The maximum absolute atomic E-state index is 13.6. The zero-order valence-corrected chi connectivity index (χ0v) is 33.7. The second-order valence-electron chi connectivity index (χ2n) is 14.9. The second-order valence-corrected chi connectivity index (χ2v) is 15.7. The molecule has 1 atom stereocenters. The minimum atomic E-state index is -0.616. The number of nitrogens with zero attached hydrogens (tertiary/aromatic N) is 5. The predicted octanol–water partition coefficient (Wildman–Crippen LogP) is 8.18. The molecular weight excluding hydrogens is 743 g/mol. The van der Waals surface area contributed by atoms with Crippen molar-refractivity contribution in [2.24, 2.45) is 13.0 Å². The molecule has 0 saturated carbocycles. The van der Waals surface area contributed by atoms with Crippen LogP contribution in [0.5, 0.6) is 5.88 Å². The molecule has 4 heterocycles. The van der Waals surface area contributed by atoms with Crippen molar-refractivity contribution in [2.45, 2.75) is 72.1 Å². The van der Waals surface area contributed by atoms with E-state index >= 15 is 0 Å². The number of imidazole rings is 1. The van der Waals surface area contributed by atoms with Crippen molar-refractivity contribution in [1.29, 1.82) is 0 Å². The number of benzene rings is 2. The number of methoxy groups -OCH3 is 1. The summed E-state index contributed by atoms with van der Waals surface area (Å²) >= 11 is 14.1. The van der Waals surface area contributed by atoms with E-state index in [-0.39, 0.29) is 24.3 Å². The first kappa shape index (κ1) is 40.0. The summed E-state index contributed by atoms with van der Waals surface area (Å²) in [6.07, 6.45) is 2.56. The number of aromatic nitrogens is 3. The highest BCUT2D eigenvalue weighted by atomic mass is 35.5. The summed E-state index contributed by atoms with van der Waals surface area (Å²) in [5.74, 6) is 0.383. The maximum atomic E-state index is 13.6. The number of nitrogens with one attached hydrogen (secondary N) is 1. The molecule has 2 aromatic heterocycles. The number of pyridine rings is 1. The van der Waals surface area contributed by atoms with Gasteiger partial charge in [-0.2, -0.15) is 0 Å². The summed E-state index contributed by atoms with van der Waals surface area (Å²) in [5, 5.41) is 3.69. The fourth-order valence-corrected chi connectivity index (χ4v) is 7.84. The van der Waals surface area contributed by atoms with Gasteiger partial charge in [-0.15, -0.1) is 0 Å². The molecule has 292 valence electrons. The Balaban J connectivity index is 1.18. The Hall–Kier alpha value is -4.65. The number of piperidine rings is 1. The number of carbonyl (C=O) groups excluding carboxylic acids is 3. The van der Waals surface area contributed by atoms with Crippen LogP contribution in [-0.4, -0.2) is 81.3 Å². The molecule has 0 spiro atoms.